The largest absolute Gasteiger partial charge is 0.484 e. The Kier molecular flexibility index (Phi) is 7.55. The number of carbonyl (C=O) groups excluding carboxylic acids is 2. The van der Waals surface area contributed by atoms with Crippen molar-refractivity contribution in [2.24, 2.45) is 0 Å². The van der Waals surface area contributed by atoms with Gasteiger partial charge in [0.15, 0.2) is 6.61 Å². The molecule has 0 aliphatic heterocycles. The van der Waals surface area contributed by atoms with Gasteiger partial charge in [-0.15, -0.1) is 0 Å². The number of aryl methyl sites for hydroxylation is 1. The summed E-state index contributed by atoms with van der Waals surface area (Å²) in [5.74, 6) is -1.12. The van der Waals surface area contributed by atoms with Gasteiger partial charge in [-0.1, -0.05) is 36.4 Å². The zero-order valence-electron chi connectivity index (χ0n) is 18.2. The zero-order chi connectivity index (χ0) is 23.8. The quantitative estimate of drug-likeness (QED) is 0.397. The van der Waals surface area contributed by atoms with E-state index < -0.39 is 17.6 Å². The third-order valence-electron chi connectivity index (χ3n) is 4.93. The molecular weight excluding hydrogens is 421 g/mol. The van der Waals surface area contributed by atoms with Crippen LogP contribution in [0.4, 0.5) is 15.8 Å². The lowest BCUT2D eigenvalue weighted by molar-refractivity contribution is -0.118. The highest BCUT2D eigenvalue weighted by Gasteiger charge is 2.12. The molecule has 3 aromatic rings. The number of para-hydroxylation sites is 1. The first-order chi connectivity index (χ1) is 15.9. The van der Waals surface area contributed by atoms with Crippen LogP contribution in [0.5, 0.6) is 5.75 Å². The molecule has 0 spiro atoms. The number of hydrogen-bond acceptors (Lipinski definition) is 4. The Morgan fingerprint density at radius 3 is 2.36 bits per heavy atom. The van der Waals surface area contributed by atoms with Crippen molar-refractivity contribution in [2.75, 3.05) is 17.2 Å². The first-order valence-corrected chi connectivity index (χ1v) is 10.1. The van der Waals surface area contributed by atoms with E-state index in [2.05, 4.69) is 10.6 Å². The topological polar surface area (TPSA) is 91.2 Å². The van der Waals surface area contributed by atoms with E-state index in [1.54, 1.807) is 36.4 Å². The molecule has 6 nitrogen and oxygen atoms in total. The molecule has 0 bridgehead atoms. The molecule has 0 saturated heterocycles. The van der Waals surface area contributed by atoms with Gasteiger partial charge in [-0.25, -0.2) is 4.39 Å². The molecule has 2 amide bonds. The molecule has 2 N–H and O–H groups in total. The van der Waals surface area contributed by atoms with Crippen LogP contribution in [0.2, 0.25) is 0 Å². The predicted octanol–water partition coefficient (Wildman–Crippen LogP) is 5.01. The van der Waals surface area contributed by atoms with Gasteiger partial charge >= 0.3 is 0 Å². The summed E-state index contributed by atoms with van der Waals surface area (Å²) in [6.07, 6.45) is 1.47. The van der Waals surface area contributed by atoms with Gasteiger partial charge < -0.3 is 15.4 Å². The molecule has 0 aliphatic carbocycles. The maximum Gasteiger partial charge on any atom is 0.266 e. The molecule has 166 valence electrons. The van der Waals surface area contributed by atoms with Gasteiger partial charge in [-0.2, -0.15) is 5.26 Å². The van der Waals surface area contributed by atoms with Crippen molar-refractivity contribution in [2.45, 2.75) is 13.8 Å². The lowest BCUT2D eigenvalue weighted by Crippen LogP contribution is -2.20. The van der Waals surface area contributed by atoms with Gasteiger partial charge in [-0.3, -0.25) is 9.59 Å². The maximum absolute atomic E-state index is 13.6. The van der Waals surface area contributed by atoms with Gasteiger partial charge in [0.1, 0.15) is 23.2 Å². The van der Waals surface area contributed by atoms with Crippen LogP contribution in [-0.2, 0) is 9.59 Å². The summed E-state index contributed by atoms with van der Waals surface area (Å²) in [4.78, 5) is 24.5. The van der Waals surface area contributed by atoms with Crippen LogP contribution < -0.4 is 15.4 Å². The number of ether oxygens (including phenoxy) is 1. The van der Waals surface area contributed by atoms with E-state index in [9.17, 15) is 19.2 Å². The van der Waals surface area contributed by atoms with Crippen molar-refractivity contribution < 1.29 is 18.7 Å². The Balaban J connectivity index is 1.60. The Labute approximate surface area is 191 Å². The summed E-state index contributed by atoms with van der Waals surface area (Å²) < 4.78 is 19.0. The number of nitrogens with one attached hydrogen (secondary N) is 2. The van der Waals surface area contributed by atoms with Crippen molar-refractivity contribution in [1.82, 2.24) is 0 Å². The van der Waals surface area contributed by atoms with Crippen LogP contribution in [0.1, 0.15) is 16.7 Å². The van der Waals surface area contributed by atoms with E-state index in [1.807, 2.05) is 32.0 Å². The van der Waals surface area contributed by atoms with Gasteiger partial charge in [0.2, 0.25) is 0 Å². The highest BCUT2D eigenvalue weighted by molar-refractivity contribution is 6.10. The summed E-state index contributed by atoms with van der Waals surface area (Å²) in [5, 5.41) is 14.6. The highest BCUT2D eigenvalue weighted by atomic mass is 19.1. The van der Waals surface area contributed by atoms with Gasteiger partial charge in [-0.05, 0) is 66.9 Å². The summed E-state index contributed by atoms with van der Waals surface area (Å²) in [7, 11) is 0. The second kappa shape index (κ2) is 10.7. The lowest BCUT2D eigenvalue weighted by Gasteiger charge is -2.10. The Hall–Kier alpha value is -4.44. The standard InChI is InChI=1S/C26H22FN3O3/c1-17-6-5-9-23(18(17)2)30-26(32)20(15-28)14-19-10-12-21(13-11-19)33-16-25(31)29-24-8-4-3-7-22(24)27/h3-14H,16H2,1-2H3,(H,29,31)(H,30,32)/b20-14-. The molecule has 0 heterocycles. The average Bonchev–Trinajstić information content (AvgIpc) is 2.81. The number of nitriles is 1. The minimum absolute atomic E-state index is 0.0474. The van der Waals surface area contributed by atoms with Crippen molar-refractivity contribution in [3.63, 3.8) is 0 Å². The first kappa shape index (κ1) is 23.2. The number of hydrogen-bond donors (Lipinski definition) is 2. The molecule has 7 heteroatoms. The van der Waals surface area contributed by atoms with E-state index in [0.29, 0.717) is 17.0 Å². The molecule has 3 aromatic carbocycles. The zero-order valence-corrected chi connectivity index (χ0v) is 18.2. The van der Waals surface area contributed by atoms with Gasteiger partial charge in [0.05, 0.1) is 5.69 Å². The lowest BCUT2D eigenvalue weighted by atomic mass is 10.1. The van der Waals surface area contributed by atoms with Gasteiger partial charge in [0.25, 0.3) is 11.8 Å². The first-order valence-electron chi connectivity index (χ1n) is 10.1. The second-order valence-corrected chi connectivity index (χ2v) is 7.26. The molecular formula is C26H22FN3O3. The number of amides is 2. The predicted molar refractivity (Wildman–Crippen MR) is 125 cm³/mol. The average molecular weight is 443 g/mol. The van der Waals surface area contributed by atoms with Crippen molar-refractivity contribution in [3.05, 3.63) is 94.8 Å². The van der Waals surface area contributed by atoms with Crippen LogP contribution in [-0.4, -0.2) is 18.4 Å². The molecule has 0 saturated carbocycles. The fraction of sp³-hybridized carbons (Fsp3) is 0.115. The maximum atomic E-state index is 13.6. The normalized spacial score (nSPS) is 10.8. The number of rotatable bonds is 7. The smallest absolute Gasteiger partial charge is 0.266 e. The molecule has 33 heavy (non-hydrogen) atoms. The minimum Gasteiger partial charge on any atom is -0.484 e. The highest BCUT2D eigenvalue weighted by Crippen LogP contribution is 2.20. The van der Waals surface area contributed by atoms with Crippen LogP contribution in [0.15, 0.2) is 72.3 Å². The van der Waals surface area contributed by atoms with E-state index in [0.717, 1.165) is 11.1 Å². The molecule has 0 aliphatic rings. The van der Waals surface area contributed by atoms with Crippen LogP contribution >= 0.6 is 0 Å². The number of nitrogens with zero attached hydrogens (tertiary/aromatic N) is 1. The number of anilines is 2. The fourth-order valence-corrected chi connectivity index (χ4v) is 2.95. The molecule has 0 atom stereocenters. The molecule has 3 rings (SSSR count). The Morgan fingerprint density at radius 2 is 1.67 bits per heavy atom. The summed E-state index contributed by atoms with van der Waals surface area (Å²) in [5.41, 5.74) is 3.27. The SMILES string of the molecule is Cc1cccc(NC(=O)/C(C#N)=C\c2ccc(OCC(=O)Nc3ccccc3F)cc2)c1C. The van der Waals surface area contributed by atoms with E-state index in [-0.39, 0.29) is 17.9 Å². The van der Waals surface area contributed by atoms with Crippen molar-refractivity contribution in [1.29, 1.82) is 5.26 Å². The molecule has 0 fully saturated rings. The van der Waals surface area contributed by atoms with E-state index in [4.69, 9.17) is 4.74 Å². The fourth-order valence-electron chi connectivity index (χ4n) is 2.95. The number of halogens is 1. The third kappa shape index (κ3) is 6.28. The van der Waals surface area contributed by atoms with Crippen molar-refractivity contribution in [3.8, 4) is 11.8 Å². The van der Waals surface area contributed by atoms with Crippen molar-refractivity contribution >= 4 is 29.3 Å². The van der Waals surface area contributed by atoms with E-state index >= 15 is 0 Å². The molecule has 0 unspecified atom stereocenters. The van der Waals surface area contributed by atoms with Gasteiger partial charge in [0, 0.05) is 5.69 Å². The minimum atomic E-state index is -0.531. The monoisotopic (exact) mass is 443 g/mol. The Bertz CT molecular complexity index is 1240. The van der Waals surface area contributed by atoms with Crippen LogP contribution in [0, 0.1) is 31.0 Å². The summed E-state index contributed by atoms with van der Waals surface area (Å²) in [6, 6.07) is 19.9. The number of carbonyl (C=O) groups is 2. The summed E-state index contributed by atoms with van der Waals surface area (Å²) >= 11 is 0. The second-order valence-electron chi connectivity index (χ2n) is 7.26. The number of benzene rings is 3. The van der Waals surface area contributed by atoms with E-state index in [1.165, 1.54) is 24.3 Å². The molecule has 0 radical (unpaired) electrons. The van der Waals surface area contributed by atoms with Crippen LogP contribution in [0.25, 0.3) is 6.08 Å². The molecule has 0 aromatic heterocycles. The summed E-state index contributed by atoms with van der Waals surface area (Å²) in [6.45, 7) is 3.54. The van der Waals surface area contributed by atoms with Crippen LogP contribution in [0.3, 0.4) is 0 Å². The third-order valence-corrected chi connectivity index (χ3v) is 4.93. The Morgan fingerprint density at radius 1 is 0.970 bits per heavy atom.